The molecule has 3 aromatic rings. The molecule has 1 atom stereocenters. The second-order valence-corrected chi connectivity index (χ2v) is 10.2. The highest BCUT2D eigenvalue weighted by atomic mass is 32.2. The number of rotatable bonds is 5. The minimum Gasteiger partial charge on any atom is -0.349 e. The van der Waals surface area contributed by atoms with Crippen molar-refractivity contribution in [1.29, 1.82) is 0 Å². The van der Waals surface area contributed by atoms with E-state index in [0.717, 1.165) is 16.8 Å². The van der Waals surface area contributed by atoms with Gasteiger partial charge >= 0.3 is 0 Å². The largest absolute Gasteiger partial charge is 0.349 e. The van der Waals surface area contributed by atoms with Crippen LogP contribution in [0.25, 0.3) is 0 Å². The summed E-state index contributed by atoms with van der Waals surface area (Å²) in [7, 11) is -3.57. The first kappa shape index (κ1) is 20.6. The topological polar surface area (TPSA) is 40.6 Å². The summed E-state index contributed by atoms with van der Waals surface area (Å²) in [5, 5.41) is 0. The molecule has 4 rings (SSSR count). The van der Waals surface area contributed by atoms with Gasteiger partial charge in [0.05, 0.1) is 17.6 Å². The molecule has 1 heterocycles. The summed E-state index contributed by atoms with van der Waals surface area (Å²) < 4.78 is 28.3. The smallest absolute Gasteiger partial charge is 0.244 e. The Morgan fingerprint density at radius 3 is 2.10 bits per heavy atom. The molecule has 156 valence electrons. The lowest BCUT2D eigenvalue weighted by Crippen LogP contribution is -2.31. The number of anilines is 1. The molecule has 0 N–H and O–H groups in total. The molecule has 30 heavy (non-hydrogen) atoms. The molecule has 0 bridgehead atoms. The van der Waals surface area contributed by atoms with Gasteiger partial charge in [-0.15, -0.1) is 0 Å². The summed E-state index contributed by atoms with van der Waals surface area (Å²) in [5.41, 5.74) is 4.48. The van der Waals surface area contributed by atoms with E-state index in [2.05, 4.69) is 55.1 Å². The Morgan fingerprint density at radius 1 is 0.867 bits per heavy atom. The lowest BCUT2D eigenvalue weighted by atomic mass is 10.0. The summed E-state index contributed by atoms with van der Waals surface area (Å²) in [6.45, 7) is 7.06. The minimum atomic E-state index is -3.57. The summed E-state index contributed by atoms with van der Waals surface area (Å²) in [6, 6.07) is 25.7. The van der Waals surface area contributed by atoms with Gasteiger partial charge in [0.25, 0.3) is 0 Å². The van der Waals surface area contributed by atoms with Crippen molar-refractivity contribution in [2.45, 2.75) is 37.6 Å². The van der Waals surface area contributed by atoms with E-state index < -0.39 is 10.0 Å². The minimum absolute atomic E-state index is 0.0312. The monoisotopic (exact) mass is 420 g/mol. The molecule has 3 aromatic carbocycles. The van der Waals surface area contributed by atoms with Gasteiger partial charge in [-0.25, -0.2) is 8.42 Å². The second kappa shape index (κ2) is 8.25. The third-order valence-corrected chi connectivity index (χ3v) is 7.61. The van der Waals surface area contributed by atoms with Gasteiger partial charge in [0.1, 0.15) is 0 Å². The van der Waals surface area contributed by atoms with E-state index in [9.17, 15) is 8.42 Å². The van der Waals surface area contributed by atoms with E-state index >= 15 is 0 Å². The zero-order chi connectivity index (χ0) is 21.3. The van der Waals surface area contributed by atoms with Gasteiger partial charge in [-0.3, -0.25) is 0 Å². The highest BCUT2D eigenvalue weighted by molar-refractivity contribution is 7.89. The standard InChI is InChI=1S/C25H28N2O2S/c1-19(2)21-11-13-23(14-12-21)27-18-26(17-25(27)22-7-5-4-6-8-22)30(28,29)24-15-9-20(3)10-16-24/h4-16,19,25H,17-18H2,1-3H3. The molecule has 0 spiro atoms. The van der Waals surface area contributed by atoms with Crippen molar-refractivity contribution in [2.75, 3.05) is 18.1 Å². The molecule has 0 aromatic heterocycles. The van der Waals surface area contributed by atoms with Gasteiger partial charge in [-0.05, 0) is 48.2 Å². The first-order chi connectivity index (χ1) is 14.4. The van der Waals surface area contributed by atoms with Gasteiger partial charge < -0.3 is 4.90 Å². The third kappa shape index (κ3) is 4.00. The fourth-order valence-corrected chi connectivity index (χ4v) is 5.32. The van der Waals surface area contributed by atoms with Crippen molar-refractivity contribution in [3.05, 3.63) is 95.6 Å². The number of aryl methyl sites for hydroxylation is 1. The molecule has 0 radical (unpaired) electrons. The maximum atomic E-state index is 13.3. The summed E-state index contributed by atoms with van der Waals surface area (Å²) >= 11 is 0. The average Bonchev–Trinajstić information content (AvgIpc) is 3.21. The van der Waals surface area contributed by atoms with Crippen LogP contribution in [0.3, 0.4) is 0 Å². The number of benzene rings is 3. The highest BCUT2D eigenvalue weighted by Gasteiger charge is 2.38. The van der Waals surface area contributed by atoms with E-state index in [1.54, 1.807) is 16.4 Å². The molecule has 1 unspecified atom stereocenters. The van der Waals surface area contributed by atoms with Crippen LogP contribution in [0.2, 0.25) is 0 Å². The second-order valence-electron chi connectivity index (χ2n) is 8.24. The number of hydrogen-bond acceptors (Lipinski definition) is 3. The Hall–Kier alpha value is -2.63. The van der Waals surface area contributed by atoms with Crippen LogP contribution in [0.4, 0.5) is 5.69 Å². The van der Waals surface area contributed by atoms with Crippen LogP contribution in [0.15, 0.2) is 83.8 Å². The Bertz CT molecular complexity index is 1090. The normalized spacial score (nSPS) is 17.6. The zero-order valence-electron chi connectivity index (χ0n) is 17.7. The number of hydrogen-bond donors (Lipinski definition) is 0. The molecule has 0 saturated carbocycles. The predicted octanol–water partition coefficient (Wildman–Crippen LogP) is 5.33. The van der Waals surface area contributed by atoms with Gasteiger partial charge in [0.2, 0.25) is 10.0 Å². The fraction of sp³-hybridized carbons (Fsp3) is 0.280. The zero-order valence-corrected chi connectivity index (χ0v) is 18.5. The van der Waals surface area contributed by atoms with Crippen molar-refractivity contribution in [2.24, 2.45) is 0 Å². The molecule has 5 heteroatoms. The first-order valence-electron chi connectivity index (χ1n) is 10.3. The van der Waals surface area contributed by atoms with Crippen molar-refractivity contribution in [3.63, 3.8) is 0 Å². The van der Waals surface area contributed by atoms with Gasteiger partial charge in [-0.2, -0.15) is 4.31 Å². The Balaban J connectivity index is 1.70. The van der Waals surface area contributed by atoms with Crippen molar-refractivity contribution in [1.82, 2.24) is 4.31 Å². The lowest BCUT2D eigenvalue weighted by Gasteiger charge is -2.26. The molecule has 0 aliphatic carbocycles. The predicted molar refractivity (Wildman–Crippen MR) is 122 cm³/mol. The molecule has 0 amide bonds. The first-order valence-corrected chi connectivity index (χ1v) is 11.8. The Morgan fingerprint density at radius 2 is 1.50 bits per heavy atom. The summed E-state index contributed by atoms with van der Waals surface area (Å²) in [4.78, 5) is 2.53. The molecular weight excluding hydrogens is 392 g/mol. The van der Waals surface area contributed by atoms with Crippen molar-refractivity contribution >= 4 is 15.7 Å². The molecule has 1 aliphatic heterocycles. The van der Waals surface area contributed by atoms with E-state index in [1.165, 1.54) is 5.56 Å². The number of sulfonamides is 1. The van der Waals surface area contributed by atoms with Crippen LogP contribution in [-0.4, -0.2) is 25.9 Å². The SMILES string of the molecule is Cc1ccc(S(=O)(=O)N2CC(c3ccccc3)N(c3ccc(C(C)C)cc3)C2)cc1. The maximum absolute atomic E-state index is 13.3. The van der Waals surface area contributed by atoms with Gasteiger partial charge in [0, 0.05) is 12.2 Å². The van der Waals surface area contributed by atoms with E-state index in [1.807, 2.05) is 37.3 Å². The van der Waals surface area contributed by atoms with Crippen LogP contribution in [-0.2, 0) is 10.0 Å². The molecule has 1 aliphatic rings. The van der Waals surface area contributed by atoms with Crippen molar-refractivity contribution < 1.29 is 8.42 Å². The molecule has 1 fully saturated rings. The fourth-order valence-electron chi connectivity index (χ4n) is 3.92. The maximum Gasteiger partial charge on any atom is 0.244 e. The van der Waals surface area contributed by atoms with Gasteiger partial charge in [0.15, 0.2) is 0 Å². The van der Waals surface area contributed by atoms with Crippen LogP contribution < -0.4 is 4.90 Å². The van der Waals surface area contributed by atoms with Crippen LogP contribution in [0, 0.1) is 6.92 Å². The van der Waals surface area contributed by atoms with E-state index in [4.69, 9.17) is 0 Å². The molecular formula is C25H28N2O2S. The van der Waals surface area contributed by atoms with Crippen LogP contribution in [0.5, 0.6) is 0 Å². The highest BCUT2D eigenvalue weighted by Crippen LogP contribution is 2.36. The van der Waals surface area contributed by atoms with Crippen LogP contribution in [0.1, 0.15) is 42.5 Å². The molecule has 4 nitrogen and oxygen atoms in total. The average molecular weight is 421 g/mol. The number of nitrogens with zero attached hydrogens (tertiary/aromatic N) is 2. The van der Waals surface area contributed by atoms with Crippen LogP contribution >= 0.6 is 0 Å². The third-order valence-electron chi connectivity index (χ3n) is 5.80. The van der Waals surface area contributed by atoms with E-state index in [-0.39, 0.29) is 6.04 Å². The Labute approximate surface area is 179 Å². The summed E-state index contributed by atoms with van der Waals surface area (Å²) in [5.74, 6) is 0.459. The summed E-state index contributed by atoms with van der Waals surface area (Å²) in [6.07, 6.45) is 0. The quantitative estimate of drug-likeness (QED) is 0.560. The molecule has 1 saturated heterocycles. The van der Waals surface area contributed by atoms with Gasteiger partial charge in [-0.1, -0.05) is 74.0 Å². The Kier molecular flexibility index (Phi) is 5.67. The lowest BCUT2D eigenvalue weighted by molar-refractivity contribution is 0.473. The van der Waals surface area contributed by atoms with Crippen molar-refractivity contribution in [3.8, 4) is 0 Å². The van der Waals surface area contributed by atoms with E-state index in [0.29, 0.717) is 24.0 Å².